The van der Waals surface area contributed by atoms with Crippen molar-refractivity contribution in [2.45, 2.75) is 366 Å². The zero-order chi connectivity index (χ0) is 52.9. The third-order valence-electron chi connectivity index (χ3n) is 15.1. The van der Waals surface area contributed by atoms with E-state index >= 15 is 0 Å². The molecular formula is C67H127NO5. The van der Waals surface area contributed by atoms with Gasteiger partial charge in [0.05, 0.1) is 25.4 Å². The van der Waals surface area contributed by atoms with Crippen LogP contribution in [-0.4, -0.2) is 47.4 Å². The highest BCUT2D eigenvalue weighted by atomic mass is 16.5. The summed E-state index contributed by atoms with van der Waals surface area (Å²) in [4.78, 5) is 24.6. The number of hydrogen-bond acceptors (Lipinski definition) is 5. The van der Waals surface area contributed by atoms with Crippen LogP contribution in [-0.2, 0) is 14.3 Å². The van der Waals surface area contributed by atoms with Crippen molar-refractivity contribution in [1.29, 1.82) is 0 Å². The number of amides is 1. The highest BCUT2D eigenvalue weighted by molar-refractivity contribution is 5.76. The Bertz CT molecular complexity index is 1180. The van der Waals surface area contributed by atoms with E-state index in [4.69, 9.17) is 4.74 Å². The first kappa shape index (κ1) is 71.1. The Labute approximate surface area is 455 Å². The van der Waals surface area contributed by atoms with Gasteiger partial charge in [0, 0.05) is 12.8 Å². The molecule has 0 saturated heterocycles. The first-order valence-corrected chi connectivity index (χ1v) is 32.8. The van der Waals surface area contributed by atoms with Gasteiger partial charge in [-0.2, -0.15) is 0 Å². The van der Waals surface area contributed by atoms with Crippen LogP contribution in [0.3, 0.4) is 0 Å². The van der Waals surface area contributed by atoms with Crippen LogP contribution in [0.4, 0.5) is 0 Å². The Balaban J connectivity index is 3.46. The minimum Gasteiger partial charge on any atom is -0.466 e. The van der Waals surface area contributed by atoms with E-state index in [0.717, 1.165) is 51.4 Å². The number of esters is 1. The lowest BCUT2D eigenvalue weighted by Crippen LogP contribution is -2.45. The topological polar surface area (TPSA) is 95.9 Å². The summed E-state index contributed by atoms with van der Waals surface area (Å²) < 4.78 is 5.48. The summed E-state index contributed by atoms with van der Waals surface area (Å²) in [6.45, 7) is 4.91. The molecule has 73 heavy (non-hydrogen) atoms. The Morgan fingerprint density at radius 2 is 0.644 bits per heavy atom. The normalized spacial score (nSPS) is 12.8. The number of hydrogen-bond donors (Lipinski definition) is 3. The van der Waals surface area contributed by atoms with Crippen molar-refractivity contribution in [2.75, 3.05) is 13.2 Å². The lowest BCUT2D eigenvalue weighted by atomic mass is 10.0. The van der Waals surface area contributed by atoms with Gasteiger partial charge in [0.15, 0.2) is 0 Å². The van der Waals surface area contributed by atoms with E-state index in [-0.39, 0.29) is 18.5 Å². The molecule has 0 spiro atoms. The molecule has 0 fully saturated rings. The Morgan fingerprint density at radius 3 is 0.973 bits per heavy atom. The second-order valence-electron chi connectivity index (χ2n) is 22.4. The van der Waals surface area contributed by atoms with Crippen LogP contribution in [0, 0.1) is 0 Å². The Morgan fingerprint density at radius 1 is 0.370 bits per heavy atom. The lowest BCUT2D eigenvalue weighted by molar-refractivity contribution is -0.143. The van der Waals surface area contributed by atoms with Gasteiger partial charge in [-0.05, 0) is 83.5 Å². The van der Waals surface area contributed by atoms with Crippen LogP contribution in [0.2, 0.25) is 0 Å². The molecule has 0 aromatic carbocycles. The van der Waals surface area contributed by atoms with Crippen LogP contribution in [0.1, 0.15) is 354 Å². The molecule has 6 heteroatoms. The first-order valence-electron chi connectivity index (χ1n) is 32.8. The summed E-state index contributed by atoms with van der Waals surface area (Å²) in [6, 6.07) is -0.635. The standard InChI is InChI=1S/C67H127NO5/c1-3-5-7-9-11-13-15-17-19-20-21-25-28-32-35-39-43-47-51-55-59-65(70)64(63-69)68-66(71)60-56-52-48-44-40-36-33-29-26-23-22-24-27-30-34-38-42-46-50-54-58-62-73-67(72)61-57-53-49-45-41-37-31-18-16-14-12-10-8-6-4-2/h18,23,26,31,55,59,64-65,69-70H,3-17,19-22,24-25,27-30,32-54,56-58,60-63H2,1-2H3,(H,68,71)/b26-23-,31-18-,59-55+. The largest absolute Gasteiger partial charge is 0.466 e. The zero-order valence-electron chi connectivity index (χ0n) is 49.1. The van der Waals surface area contributed by atoms with Gasteiger partial charge < -0.3 is 20.3 Å². The quantitative estimate of drug-likeness (QED) is 0.0320. The number of aliphatic hydroxyl groups excluding tert-OH is 2. The fourth-order valence-electron chi connectivity index (χ4n) is 10.1. The van der Waals surface area contributed by atoms with E-state index in [1.807, 2.05) is 6.08 Å². The average Bonchev–Trinajstić information content (AvgIpc) is 3.39. The second-order valence-corrected chi connectivity index (χ2v) is 22.4. The lowest BCUT2D eigenvalue weighted by Gasteiger charge is -2.20. The second kappa shape index (κ2) is 62.6. The van der Waals surface area contributed by atoms with Gasteiger partial charge in [-0.1, -0.05) is 294 Å². The molecule has 3 N–H and O–H groups in total. The van der Waals surface area contributed by atoms with Gasteiger partial charge in [-0.3, -0.25) is 9.59 Å². The molecule has 430 valence electrons. The maximum absolute atomic E-state index is 12.5. The van der Waals surface area contributed by atoms with Crippen LogP contribution in [0.5, 0.6) is 0 Å². The molecule has 1 amide bonds. The molecule has 0 rings (SSSR count). The molecule has 0 heterocycles. The maximum atomic E-state index is 12.5. The SMILES string of the molecule is CCCCCCCC/C=C\CCCCCCCC(=O)OCCCCCCCCCCCC/C=C\CCCCCCCCCC(=O)NC(CO)C(O)/C=C/CCCCCCCCCCCCCCCCCCCC. The third-order valence-corrected chi connectivity index (χ3v) is 15.1. The minimum atomic E-state index is -0.851. The highest BCUT2D eigenvalue weighted by Gasteiger charge is 2.18. The van der Waals surface area contributed by atoms with Crippen molar-refractivity contribution in [3.8, 4) is 0 Å². The fourth-order valence-corrected chi connectivity index (χ4v) is 10.1. The molecule has 0 saturated carbocycles. The Hall–Kier alpha value is -1.92. The number of rotatable bonds is 61. The van der Waals surface area contributed by atoms with Crippen molar-refractivity contribution in [3.05, 3.63) is 36.5 Å². The van der Waals surface area contributed by atoms with E-state index in [0.29, 0.717) is 19.4 Å². The molecule has 2 atom stereocenters. The number of ether oxygens (including phenoxy) is 1. The summed E-state index contributed by atoms with van der Waals surface area (Å²) in [6.07, 6.45) is 79.1. The van der Waals surface area contributed by atoms with Crippen molar-refractivity contribution in [3.63, 3.8) is 0 Å². The van der Waals surface area contributed by atoms with Crippen molar-refractivity contribution < 1.29 is 24.5 Å². The van der Waals surface area contributed by atoms with Crippen molar-refractivity contribution in [2.24, 2.45) is 0 Å². The summed E-state index contributed by atoms with van der Waals surface area (Å²) >= 11 is 0. The third kappa shape index (κ3) is 59.2. The van der Waals surface area contributed by atoms with Gasteiger partial charge >= 0.3 is 5.97 Å². The molecule has 6 nitrogen and oxygen atoms in total. The molecule has 0 aliphatic carbocycles. The van der Waals surface area contributed by atoms with Gasteiger partial charge in [-0.25, -0.2) is 0 Å². The number of carbonyl (C=O) groups is 2. The summed E-state index contributed by atoms with van der Waals surface area (Å²) in [5.41, 5.74) is 0. The van der Waals surface area contributed by atoms with E-state index in [9.17, 15) is 19.8 Å². The van der Waals surface area contributed by atoms with Gasteiger partial charge in [0.1, 0.15) is 0 Å². The number of nitrogens with one attached hydrogen (secondary N) is 1. The average molecular weight is 1030 g/mol. The highest BCUT2D eigenvalue weighted by Crippen LogP contribution is 2.17. The van der Waals surface area contributed by atoms with Crippen LogP contribution in [0.25, 0.3) is 0 Å². The minimum absolute atomic E-state index is 0.0000460. The monoisotopic (exact) mass is 1030 g/mol. The number of aliphatic hydroxyl groups is 2. The van der Waals surface area contributed by atoms with E-state index in [1.54, 1.807) is 6.08 Å². The number of allylic oxidation sites excluding steroid dienone is 5. The molecule has 0 radical (unpaired) electrons. The van der Waals surface area contributed by atoms with Gasteiger partial charge in [0.2, 0.25) is 5.91 Å². The summed E-state index contributed by atoms with van der Waals surface area (Å²) in [5, 5.41) is 23.2. The van der Waals surface area contributed by atoms with E-state index < -0.39 is 12.1 Å². The van der Waals surface area contributed by atoms with Crippen molar-refractivity contribution >= 4 is 11.9 Å². The van der Waals surface area contributed by atoms with Crippen LogP contribution in [0.15, 0.2) is 36.5 Å². The molecule has 0 bridgehead atoms. The van der Waals surface area contributed by atoms with Gasteiger partial charge in [-0.15, -0.1) is 0 Å². The van der Waals surface area contributed by atoms with Crippen molar-refractivity contribution in [1.82, 2.24) is 5.32 Å². The molecule has 2 unspecified atom stereocenters. The summed E-state index contributed by atoms with van der Waals surface area (Å²) in [7, 11) is 0. The van der Waals surface area contributed by atoms with E-state index in [1.165, 1.54) is 276 Å². The maximum Gasteiger partial charge on any atom is 0.305 e. The molecular weight excluding hydrogens is 899 g/mol. The van der Waals surface area contributed by atoms with Gasteiger partial charge in [0.25, 0.3) is 0 Å². The number of carbonyl (C=O) groups excluding carboxylic acids is 2. The van der Waals surface area contributed by atoms with E-state index in [2.05, 4.69) is 43.5 Å². The predicted octanol–water partition coefficient (Wildman–Crippen LogP) is 20.8. The van der Waals surface area contributed by atoms with Crippen LogP contribution >= 0.6 is 0 Å². The summed E-state index contributed by atoms with van der Waals surface area (Å²) in [5.74, 6) is -0.0733. The Kier molecular flexibility index (Phi) is 61.0. The smallest absolute Gasteiger partial charge is 0.305 e. The zero-order valence-corrected chi connectivity index (χ0v) is 49.1. The molecule has 0 aromatic heterocycles. The molecule has 0 aliphatic heterocycles. The molecule has 0 aromatic rings. The predicted molar refractivity (Wildman–Crippen MR) is 319 cm³/mol. The fraction of sp³-hybridized carbons (Fsp3) is 0.881. The number of unbranched alkanes of at least 4 members (excludes halogenated alkanes) is 46. The first-order chi connectivity index (χ1) is 36.0. The van der Waals surface area contributed by atoms with Crippen LogP contribution < -0.4 is 5.32 Å². The molecule has 0 aliphatic rings.